The van der Waals surface area contributed by atoms with Crippen LogP contribution in [0.15, 0.2) is 12.1 Å². The zero-order chi connectivity index (χ0) is 11.1. The van der Waals surface area contributed by atoms with Crippen molar-refractivity contribution in [1.82, 2.24) is 0 Å². The third kappa shape index (κ3) is 2.05. The fraction of sp³-hybridized carbons (Fsp3) is 0.714. The van der Waals surface area contributed by atoms with Crippen LogP contribution in [0.5, 0.6) is 0 Å². The number of nitrogens with two attached hydrogens (primary N) is 1. The highest BCUT2D eigenvalue weighted by Gasteiger charge is 2.47. The average molecular weight is 235 g/mol. The van der Waals surface area contributed by atoms with Gasteiger partial charge in [-0.05, 0) is 62.0 Å². The standard InChI is InChI=1S/C14H21NS/c1-2-12-3-4-13(16-12)8-14(15)11-6-9-5-10(9)7-11/h3-4,9-11,14H,2,5-8,15H2,1H3. The molecule has 3 unspecified atom stereocenters. The van der Waals surface area contributed by atoms with E-state index in [9.17, 15) is 0 Å². The minimum absolute atomic E-state index is 0.413. The van der Waals surface area contributed by atoms with Crippen molar-refractivity contribution in [2.24, 2.45) is 23.5 Å². The highest BCUT2D eigenvalue weighted by atomic mass is 32.1. The lowest BCUT2D eigenvalue weighted by atomic mass is 9.92. The van der Waals surface area contributed by atoms with E-state index in [4.69, 9.17) is 5.73 Å². The molecule has 88 valence electrons. The van der Waals surface area contributed by atoms with Gasteiger partial charge in [0.2, 0.25) is 0 Å². The van der Waals surface area contributed by atoms with Crippen molar-refractivity contribution in [1.29, 1.82) is 0 Å². The molecule has 2 aliphatic carbocycles. The molecule has 1 aromatic rings. The van der Waals surface area contributed by atoms with Gasteiger partial charge in [-0.3, -0.25) is 0 Å². The van der Waals surface area contributed by atoms with Crippen LogP contribution in [0.3, 0.4) is 0 Å². The van der Waals surface area contributed by atoms with Gasteiger partial charge in [0.05, 0.1) is 0 Å². The second kappa shape index (κ2) is 4.15. The summed E-state index contributed by atoms with van der Waals surface area (Å²) in [7, 11) is 0. The molecule has 0 amide bonds. The van der Waals surface area contributed by atoms with Crippen molar-refractivity contribution in [2.45, 2.75) is 45.1 Å². The van der Waals surface area contributed by atoms with Crippen molar-refractivity contribution in [3.05, 3.63) is 21.9 Å². The molecular weight excluding hydrogens is 214 g/mol. The molecule has 3 rings (SSSR count). The zero-order valence-corrected chi connectivity index (χ0v) is 10.8. The molecule has 0 saturated heterocycles. The molecule has 2 saturated carbocycles. The van der Waals surface area contributed by atoms with Crippen LogP contribution in [0.1, 0.15) is 35.9 Å². The molecule has 1 heterocycles. The van der Waals surface area contributed by atoms with Crippen LogP contribution in [0.4, 0.5) is 0 Å². The highest BCUT2D eigenvalue weighted by molar-refractivity contribution is 7.11. The Labute approximate surface area is 102 Å². The second-order valence-electron chi connectivity index (χ2n) is 5.58. The second-order valence-corrected chi connectivity index (χ2v) is 6.83. The Morgan fingerprint density at radius 2 is 1.94 bits per heavy atom. The summed E-state index contributed by atoms with van der Waals surface area (Å²) in [5.41, 5.74) is 6.35. The molecule has 1 nitrogen and oxygen atoms in total. The lowest BCUT2D eigenvalue weighted by molar-refractivity contribution is 0.394. The van der Waals surface area contributed by atoms with Crippen LogP contribution in [0, 0.1) is 17.8 Å². The van der Waals surface area contributed by atoms with E-state index >= 15 is 0 Å². The molecule has 1 aromatic heterocycles. The van der Waals surface area contributed by atoms with E-state index in [1.165, 1.54) is 29.0 Å². The first kappa shape index (κ1) is 10.8. The van der Waals surface area contributed by atoms with Crippen molar-refractivity contribution in [2.75, 3.05) is 0 Å². The van der Waals surface area contributed by atoms with Gasteiger partial charge < -0.3 is 5.73 Å². The van der Waals surface area contributed by atoms with Gasteiger partial charge in [0.1, 0.15) is 0 Å². The van der Waals surface area contributed by atoms with Crippen LogP contribution in [0.25, 0.3) is 0 Å². The molecule has 0 radical (unpaired) electrons. The first-order chi connectivity index (χ1) is 7.76. The molecule has 2 heteroatoms. The normalized spacial score (nSPS) is 33.8. The van der Waals surface area contributed by atoms with Gasteiger partial charge in [0.15, 0.2) is 0 Å². The van der Waals surface area contributed by atoms with Gasteiger partial charge in [-0.25, -0.2) is 0 Å². The Morgan fingerprint density at radius 3 is 2.56 bits per heavy atom. The first-order valence-electron chi connectivity index (χ1n) is 6.59. The molecule has 0 spiro atoms. The van der Waals surface area contributed by atoms with Crippen molar-refractivity contribution in [3.63, 3.8) is 0 Å². The number of fused-ring (bicyclic) bond motifs is 1. The molecule has 16 heavy (non-hydrogen) atoms. The van der Waals surface area contributed by atoms with Crippen molar-refractivity contribution >= 4 is 11.3 Å². The molecule has 2 aliphatic rings. The predicted molar refractivity (Wildman–Crippen MR) is 69.7 cm³/mol. The maximum Gasteiger partial charge on any atom is 0.0116 e. The maximum atomic E-state index is 6.35. The molecular formula is C14H21NS. The predicted octanol–water partition coefficient (Wildman–Crippen LogP) is 3.23. The van der Waals surface area contributed by atoms with Gasteiger partial charge >= 0.3 is 0 Å². The van der Waals surface area contributed by atoms with Gasteiger partial charge in [-0.2, -0.15) is 0 Å². The van der Waals surface area contributed by atoms with Gasteiger partial charge in [0, 0.05) is 15.8 Å². The fourth-order valence-electron chi connectivity index (χ4n) is 3.23. The van der Waals surface area contributed by atoms with E-state index < -0.39 is 0 Å². The summed E-state index contributed by atoms with van der Waals surface area (Å²) in [5, 5.41) is 0. The molecule has 0 bridgehead atoms. The summed E-state index contributed by atoms with van der Waals surface area (Å²) >= 11 is 1.95. The first-order valence-corrected chi connectivity index (χ1v) is 7.41. The molecule has 3 atom stereocenters. The largest absolute Gasteiger partial charge is 0.327 e. The number of thiophene rings is 1. The van der Waals surface area contributed by atoms with E-state index in [0.29, 0.717) is 6.04 Å². The summed E-state index contributed by atoms with van der Waals surface area (Å²) in [5.74, 6) is 2.94. The minimum Gasteiger partial charge on any atom is -0.327 e. The third-order valence-corrected chi connectivity index (χ3v) is 5.64. The van der Waals surface area contributed by atoms with E-state index in [-0.39, 0.29) is 0 Å². The Kier molecular flexibility index (Phi) is 2.80. The Morgan fingerprint density at radius 1 is 1.25 bits per heavy atom. The topological polar surface area (TPSA) is 26.0 Å². The van der Waals surface area contributed by atoms with Crippen LogP contribution < -0.4 is 5.73 Å². The molecule has 2 N–H and O–H groups in total. The number of hydrogen-bond donors (Lipinski definition) is 1. The van der Waals surface area contributed by atoms with Crippen LogP contribution in [-0.4, -0.2) is 6.04 Å². The average Bonchev–Trinajstić information content (AvgIpc) is 2.74. The van der Waals surface area contributed by atoms with E-state index in [2.05, 4.69) is 19.1 Å². The fourth-order valence-corrected chi connectivity index (χ4v) is 4.26. The van der Waals surface area contributed by atoms with Crippen LogP contribution >= 0.6 is 11.3 Å². The summed E-state index contributed by atoms with van der Waals surface area (Å²) in [6.45, 7) is 2.22. The Bertz CT molecular complexity index is 361. The van der Waals surface area contributed by atoms with Crippen LogP contribution in [0.2, 0.25) is 0 Å². The maximum absolute atomic E-state index is 6.35. The third-order valence-electron chi connectivity index (χ3n) is 4.39. The highest BCUT2D eigenvalue weighted by Crippen LogP contribution is 2.55. The number of aryl methyl sites for hydroxylation is 1. The summed E-state index contributed by atoms with van der Waals surface area (Å²) in [6, 6.07) is 4.95. The Balaban J connectivity index is 1.57. The zero-order valence-electron chi connectivity index (χ0n) is 9.99. The monoisotopic (exact) mass is 235 g/mol. The smallest absolute Gasteiger partial charge is 0.0116 e. The quantitative estimate of drug-likeness (QED) is 0.852. The molecule has 0 aliphatic heterocycles. The SMILES string of the molecule is CCc1ccc(CC(N)C2CC3CC3C2)s1. The van der Waals surface area contributed by atoms with Gasteiger partial charge in [0.25, 0.3) is 0 Å². The van der Waals surface area contributed by atoms with Crippen LogP contribution in [-0.2, 0) is 12.8 Å². The van der Waals surface area contributed by atoms with Gasteiger partial charge in [-0.1, -0.05) is 6.92 Å². The summed E-state index contributed by atoms with van der Waals surface area (Å²) in [6.07, 6.45) is 6.60. The lowest BCUT2D eigenvalue weighted by Crippen LogP contribution is -2.31. The minimum atomic E-state index is 0.413. The number of rotatable bonds is 4. The van der Waals surface area contributed by atoms with E-state index in [1.54, 1.807) is 0 Å². The van der Waals surface area contributed by atoms with E-state index in [1.807, 2.05) is 11.3 Å². The summed E-state index contributed by atoms with van der Waals surface area (Å²) < 4.78 is 0. The van der Waals surface area contributed by atoms with Gasteiger partial charge in [-0.15, -0.1) is 11.3 Å². The molecule has 0 aromatic carbocycles. The lowest BCUT2D eigenvalue weighted by Gasteiger charge is -2.19. The van der Waals surface area contributed by atoms with Crippen molar-refractivity contribution < 1.29 is 0 Å². The van der Waals surface area contributed by atoms with Crippen molar-refractivity contribution in [3.8, 4) is 0 Å². The Hall–Kier alpha value is -0.340. The molecule has 2 fully saturated rings. The summed E-state index contributed by atoms with van der Waals surface area (Å²) in [4.78, 5) is 2.99. The van der Waals surface area contributed by atoms with E-state index in [0.717, 1.165) is 30.6 Å². The number of hydrogen-bond acceptors (Lipinski definition) is 2.